The van der Waals surface area contributed by atoms with Gasteiger partial charge in [-0.25, -0.2) is 0 Å². The van der Waals surface area contributed by atoms with Crippen molar-refractivity contribution in [3.63, 3.8) is 0 Å². The fourth-order valence-corrected chi connectivity index (χ4v) is 7.05. The summed E-state index contributed by atoms with van der Waals surface area (Å²) in [6.45, 7) is 2.36. The molecular formula is C33H38N2O11. The highest BCUT2D eigenvalue weighted by Gasteiger charge is 2.50. The number of hydrogen-bond donors (Lipinski definition) is 5. The Morgan fingerprint density at radius 1 is 1.11 bits per heavy atom. The van der Waals surface area contributed by atoms with Crippen molar-refractivity contribution < 1.29 is 54.1 Å². The van der Waals surface area contributed by atoms with Crippen LogP contribution >= 0.6 is 0 Å². The summed E-state index contributed by atoms with van der Waals surface area (Å²) in [5.41, 5.74) is -3.57. The summed E-state index contributed by atoms with van der Waals surface area (Å²) in [7, 11) is 1.34. The van der Waals surface area contributed by atoms with E-state index < -0.39 is 95.7 Å². The van der Waals surface area contributed by atoms with Crippen LogP contribution in [0.4, 0.5) is 0 Å². The van der Waals surface area contributed by atoms with E-state index >= 15 is 0 Å². The monoisotopic (exact) mass is 638 g/mol. The number of aliphatic hydroxyl groups is 3. The molecule has 2 aliphatic carbocycles. The number of hydrogen-bond acceptors (Lipinski definition) is 12. The van der Waals surface area contributed by atoms with Crippen LogP contribution in [0.25, 0.3) is 0 Å². The van der Waals surface area contributed by atoms with E-state index in [2.05, 4.69) is 9.89 Å². The minimum absolute atomic E-state index is 0.0453. The number of aliphatic hydroxyl groups excluding tert-OH is 2. The molecule has 13 nitrogen and oxygen atoms in total. The molecule has 6 rings (SSSR count). The van der Waals surface area contributed by atoms with E-state index in [-0.39, 0.29) is 34.4 Å². The van der Waals surface area contributed by atoms with Crippen LogP contribution in [0.1, 0.15) is 88.1 Å². The molecule has 2 fully saturated rings. The minimum atomic E-state index is -2.25. The zero-order valence-corrected chi connectivity index (χ0v) is 25.6. The maximum absolute atomic E-state index is 13.8. The van der Waals surface area contributed by atoms with Crippen molar-refractivity contribution in [2.24, 2.45) is 4.99 Å². The van der Waals surface area contributed by atoms with Gasteiger partial charge in [-0.3, -0.25) is 19.4 Å². The summed E-state index contributed by atoms with van der Waals surface area (Å²) in [6.07, 6.45) is -0.0562. The number of piperidine rings is 1. The summed E-state index contributed by atoms with van der Waals surface area (Å²) in [5.74, 6) is -3.71. The Bertz CT molecular complexity index is 1600. The molecule has 0 bridgehead atoms. The third-order valence-electron chi connectivity index (χ3n) is 9.54. The molecular weight excluding hydrogens is 600 g/mol. The number of aliphatic imine (C=N–C) groups is 1. The van der Waals surface area contributed by atoms with Crippen LogP contribution in [0.2, 0.25) is 0 Å². The molecule has 0 aromatic heterocycles. The highest BCUT2D eigenvalue weighted by molar-refractivity contribution is 6.31. The minimum Gasteiger partial charge on any atom is -0.507 e. The highest BCUT2D eigenvalue weighted by Crippen LogP contribution is 2.52. The number of rotatable bonds is 7. The number of ether oxygens (including phenoxy) is 3. The van der Waals surface area contributed by atoms with Crippen LogP contribution in [0.3, 0.4) is 0 Å². The molecule has 0 radical (unpaired) electrons. The van der Waals surface area contributed by atoms with Crippen molar-refractivity contribution in [3.05, 3.63) is 51.6 Å². The van der Waals surface area contributed by atoms with Gasteiger partial charge >= 0.3 is 0 Å². The van der Waals surface area contributed by atoms with Crippen LogP contribution < -0.4 is 4.74 Å². The smallest absolute Gasteiger partial charge is 0.202 e. The van der Waals surface area contributed by atoms with Crippen LogP contribution in [0, 0.1) is 0 Å². The maximum atomic E-state index is 13.8. The number of phenols is 2. The molecule has 13 heteroatoms. The number of phenolic OH excluding ortho intramolecular Hbond substituents is 2. The third-order valence-corrected chi connectivity index (χ3v) is 9.54. The number of likely N-dealkylation sites (tertiary alicyclic amines) is 1. The van der Waals surface area contributed by atoms with Gasteiger partial charge in [-0.15, -0.1) is 0 Å². The number of aromatic hydroxyl groups is 2. The Balaban J connectivity index is 1.40. The lowest BCUT2D eigenvalue weighted by molar-refractivity contribution is -0.247. The van der Waals surface area contributed by atoms with E-state index in [9.17, 15) is 39.9 Å². The first kappa shape index (κ1) is 32.1. The molecule has 2 saturated heterocycles. The molecule has 2 aromatic rings. The third kappa shape index (κ3) is 5.35. The lowest BCUT2D eigenvalue weighted by Gasteiger charge is -2.42. The van der Waals surface area contributed by atoms with Gasteiger partial charge in [-0.05, 0) is 32.3 Å². The second kappa shape index (κ2) is 12.4. The van der Waals surface area contributed by atoms with Crippen molar-refractivity contribution in [1.82, 2.24) is 4.90 Å². The predicted octanol–water partition coefficient (Wildman–Crippen LogP) is 1.56. The first-order valence-corrected chi connectivity index (χ1v) is 15.5. The number of fused-ring (bicyclic) bond motifs is 3. The number of carbonyl (C=O) groups is 3. The zero-order chi connectivity index (χ0) is 32.9. The van der Waals surface area contributed by atoms with Gasteiger partial charge in [0.1, 0.15) is 35.6 Å². The Labute approximate surface area is 265 Å². The Morgan fingerprint density at radius 3 is 2.52 bits per heavy atom. The van der Waals surface area contributed by atoms with Gasteiger partial charge in [-0.2, -0.15) is 0 Å². The first-order valence-electron chi connectivity index (χ1n) is 15.5. The average Bonchev–Trinajstić information content (AvgIpc) is 3.05. The molecule has 2 aliphatic heterocycles. The summed E-state index contributed by atoms with van der Waals surface area (Å²) in [6, 6.07) is 3.79. The Kier molecular flexibility index (Phi) is 8.63. The van der Waals surface area contributed by atoms with Crippen molar-refractivity contribution in [2.75, 3.05) is 26.8 Å². The fourth-order valence-electron chi connectivity index (χ4n) is 7.05. The quantitative estimate of drug-likeness (QED) is 0.143. The predicted molar refractivity (Wildman–Crippen MR) is 161 cm³/mol. The number of benzene rings is 2. The summed E-state index contributed by atoms with van der Waals surface area (Å²) in [4.78, 5) is 47.0. The normalized spacial score (nSPS) is 29.3. The molecule has 3 unspecified atom stereocenters. The van der Waals surface area contributed by atoms with Crippen molar-refractivity contribution in [1.29, 1.82) is 0 Å². The van der Waals surface area contributed by atoms with E-state index in [0.717, 1.165) is 32.4 Å². The molecule has 5 N–H and O–H groups in total. The van der Waals surface area contributed by atoms with E-state index in [1.54, 1.807) is 13.3 Å². The van der Waals surface area contributed by atoms with Crippen molar-refractivity contribution >= 4 is 23.7 Å². The zero-order valence-electron chi connectivity index (χ0n) is 25.6. The first-order chi connectivity index (χ1) is 22.0. The van der Waals surface area contributed by atoms with E-state index in [4.69, 9.17) is 14.2 Å². The molecule has 6 atom stereocenters. The van der Waals surface area contributed by atoms with Gasteiger partial charge in [0.15, 0.2) is 17.9 Å². The van der Waals surface area contributed by atoms with Crippen molar-refractivity contribution in [2.45, 2.75) is 81.7 Å². The van der Waals surface area contributed by atoms with Gasteiger partial charge in [0.05, 0.1) is 48.4 Å². The molecule has 246 valence electrons. The summed E-state index contributed by atoms with van der Waals surface area (Å²) in [5, 5.41) is 55.2. The lowest BCUT2D eigenvalue weighted by atomic mass is 9.72. The molecule has 4 aliphatic rings. The topological polar surface area (TPSA) is 196 Å². The fraction of sp³-hybridized carbons (Fsp3) is 0.515. The van der Waals surface area contributed by atoms with Gasteiger partial charge < -0.3 is 44.6 Å². The Hall–Kier alpha value is -3.88. The van der Waals surface area contributed by atoms with Crippen LogP contribution in [0.15, 0.2) is 23.2 Å². The SMILES string of the molecule is COc1cccc2c1C(=O)c1c(O)c3c(c(O)c1C2=O)CC(O)(C(=O)CO)C[C@@H]3OC1C[C@H](N=CN2CCCCC2)[C@H](O)C(C)O1. The van der Waals surface area contributed by atoms with Crippen LogP contribution in [0.5, 0.6) is 17.2 Å². The van der Waals surface area contributed by atoms with Crippen molar-refractivity contribution in [3.8, 4) is 17.2 Å². The number of nitrogens with zero attached hydrogens (tertiary/aromatic N) is 2. The maximum Gasteiger partial charge on any atom is 0.202 e. The molecule has 2 heterocycles. The van der Waals surface area contributed by atoms with E-state index in [1.807, 2.05) is 0 Å². The number of methoxy groups -OCH3 is 1. The molecule has 0 saturated carbocycles. The summed E-state index contributed by atoms with van der Waals surface area (Å²) < 4.78 is 17.5. The van der Waals surface area contributed by atoms with Gasteiger partial charge in [-0.1, -0.05) is 12.1 Å². The second-order valence-corrected chi connectivity index (χ2v) is 12.4. The van der Waals surface area contributed by atoms with E-state index in [1.165, 1.54) is 25.3 Å². The van der Waals surface area contributed by atoms with Gasteiger partial charge in [0, 0.05) is 49.0 Å². The largest absolute Gasteiger partial charge is 0.507 e. The lowest BCUT2D eigenvalue weighted by Crippen LogP contribution is -2.50. The standard InChI is InChI=1S/C33H38N2O11/c1-16-28(38)19(34-15-35-9-4-3-5-10-35)11-23(45-16)46-21-13-33(43,22(37)14-36)12-18-25(21)32(42)27-26(30(18)40)29(39)17-7-6-8-20(44-2)24(17)31(27)41/h6-8,15-16,19,21,23,28,36,38,40,42-43H,3-5,9-14H2,1-2H3/t16?,19-,21-,23?,28+,33?/m0/s1. The molecule has 2 aromatic carbocycles. The molecule has 0 amide bonds. The van der Waals surface area contributed by atoms with Gasteiger partial charge in [0.2, 0.25) is 5.78 Å². The summed E-state index contributed by atoms with van der Waals surface area (Å²) >= 11 is 0. The van der Waals surface area contributed by atoms with Gasteiger partial charge in [0.25, 0.3) is 0 Å². The van der Waals surface area contributed by atoms with E-state index in [0.29, 0.717) is 0 Å². The average molecular weight is 639 g/mol. The number of carbonyl (C=O) groups excluding carboxylic acids is 3. The number of Topliss-reactive ketones (excluding diaryl/α,β-unsaturated/α-hetero) is 1. The number of ketones is 3. The second-order valence-electron chi connectivity index (χ2n) is 12.4. The highest BCUT2D eigenvalue weighted by atomic mass is 16.7. The molecule has 46 heavy (non-hydrogen) atoms. The van der Waals surface area contributed by atoms with Crippen LogP contribution in [-0.4, -0.2) is 111 Å². The Morgan fingerprint density at radius 2 is 1.83 bits per heavy atom. The molecule has 0 spiro atoms. The van der Waals surface area contributed by atoms with Crippen LogP contribution in [-0.2, 0) is 20.7 Å².